The van der Waals surface area contributed by atoms with Crippen LogP contribution in [0, 0.1) is 0 Å². The molecule has 0 spiro atoms. The summed E-state index contributed by atoms with van der Waals surface area (Å²) in [5.41, 5.74) is 0.844. The molecule has 1 amide bonds. The largest absolute Gasteiger partial charge is 0.475 e. The fourth-order valence-corrected chi connectivity index (χ4v) is 2.15. The van der Waals surface area contributed by atoms with Crippen molar-refractivity contribution < 1.29 is 23.8 Å². The van der Waals surface area contributed by atoms with Crippen LogP contribution < -0.4 is 10.1 Å². The molecule has 25 heavy (non-hydrogen) atoms. The first-order valence-electron chi connectivity index (χ1n) is 7.67. The van der Waals surface area contributed by atoms with Gasteiger partial charge >= 0.3 is 5.97 Å². The molecule has 132 valence electrons. The van der Waals surface area contributed by atoms with E-state index < -0.39 is 17.9 Å². The first kappa shape index (κ1) is 18.4. The van der Waals surface area contributed by atoms with Gasteiger partial charge in [0, 0.05) is 13.3 Å². The van der Waals surface area contributed by atoms with Crippen molar-refractivity contribution in [3.8, 4) is 5.88 Å². The maximum absolute atomic E-state index is 12.6. The first-order chi connectivity index (χ1) is 12.2. The van der Waals surface area contributed by atoms with Crippen molar-refractivity contribution in [1.82, 2.24) is 10.3 Å². The lowest BCUT2D eigenvalue weighted by molar-refractivity contribution is -0.143. The summed E-state index contributed by atoms with van der Waals surface area (Å²) >= 11 is 0. The second-order valence-electron chi connectivity index (χ2n) is 5.04. The van der Waals surface area contributed by atoms with Gasteiger partial charge in [-0.05, 0) is 17.7 Å². The monoisotopic (exact) mass is 344 g/mol. The number of hydrogen-bond acceptors (Lipinski definition) is 6. The summed E-state index contributed by atoms with van der Waals surface area (Å²) < 4.78 is 15.2. The van der Waals surface area contributed by atoms with Gasteiger partial charge in [0.25, 0.3) is 5.91 Å². The van der Waals surface area contributed by atoms with Crippen molar-refractivity contribution in [2.75, 3.05) is 27.4 Å². The van der Waals surface area contributed by atoms with E-state index in [1.165, 1.54) is 13.3 Å². The standard InChI is InChI=1S/C18H20N2O5/c1-23-11-12-25-17-14(9-6-10-19-17)16(21)20-15(18(22)24-2)13-7-4-3-5-8-13/h3-10,15H,11-12H2,1-2H3,(H,20,21)/t15-/m0/s1. The predicted molar refractivity (Wildman–Crippen MR) is 90.3 cm³/mol. The Morgan fingerprint density at radius 3 is 2.52 bits per heavy atom. The summed E-state index contributed by atoms with van der Waals surface area (Å²) in [4.78, 5) is 28.8. The van der Waals surface area contributed by atoms with Crippen molar-refractivity contribution in [1.29, 1.82) is 0 Å². The lowest BCUT2D eigenvalue weighted by atomic mass is 10.1. The van der Waals surface area contributed by atoms with Gasteiger partial charge < -0.3 is 19.5 Å². The molecule has 0 aliphatic rings. The van der Waals surface area contributed by atoms with E-state index in [9.17, 15) is 9.59 Å². The number of carbonyl (C=O) groups excluding carboxylic acids is 2. The molecule has 2 rings (SSSR count). The Morgan fingerprint density at radius 1 is 1.08 bits per heavy atom. The maximum Gasteiger partial charge on any atom is 0.333 e. The van der Waals surface area contributed by atoms with Crippen molar-refractivity contribution in [2.24, 2.45) is 0 Å². The third-order valence-corrected chi connectivity index (χ3v) is 3.39. The number of rotatable bonds is 8. The molecule has 0 aliphatic heterocycles. The molecule has 0 saturated carbocycles. The summed E-state index contributed by atoms with van der Waals surface area (Å²) in [6.07, 6.45) is 1.52. The quantitative estimate of drug-likeness (QED) is 0.580. The lowest BCUT2D eigenvalue weighted by Gasteiger charge is -2.17. The Hall–Kier alpha value is -2.93. The average molecular weight is 344 g/mol. The van der Waals surface area contributed by atoms with Crippen LogP contribution in [0.1, 0.15) is 22.0 Å². The summed E-state index contributed by atoms with van der Waals surface area (Å²) in [5, 5.41) is 2.67. The predicted octanol–water partition coefficient (Wildman–Crippen LogP) is 1.75. The number of nitrogens with zero attached hydrogens (tertiary/aromatic N) is 1. The zero-order valence-corrected chi connectivity index (χ0v) is 14.1. The summed E-state index contributed by atoms with van der Waals surface area (Å²) in [6, 6.07) is 11.1. The van der Waals surface area contributed by atoms with Gasteiger partial charge in [0.2, 0.25) is 5.88 Å². The third-order valence-electron chi connectivity index (χ3n) is 3.39. The zero-order chi connectivity index (χ0) is 18.1. The molecule has 1 aromatic heterocycles. The molecular formula is C18H20N2O5. The summed E-state index contributed by atoms with van der Waals surface area (Å²) in [7, 11) is 2.82. The molecule has 2 aromatic rings. The molecule has 1 N–H and O–H groups in total. The van der Waals surface area contributed by atoms with E-state index in [1.54, 1.807) is 43.5 Å². The highest BCUT2D eigenvalue weighted by Gasteiger charge is 2.25. The van der Waals surface area contributed by atoms with Crippen LogP contribution in [-0.4, -0.2) is 44.3 Å². The smallest absolute Gasteiger partial charge is 0.333 e. The van der Waals surface area contributed by atoms with Gasteiger partial charge in [-0.1, -0.05) is 30.3 Å². The van der Waals surface area contributed by atoms with Crippen LogP contribution >= 0.6 is 0 Å². The Morgan fingerprint density at radius 2 is 1.84 bits per heavy atom. The number of methoxy groups -OCH3 is 2. The number of amides is 1. The fourth-order valence-electron chi connectivity index (χ4n) is 2.15. The van der Waals surface area contributed by atoms with Gasteiger partial charge in [-0.3, -0.25) is 4.79 Å². The van der Waals surface area contributed by atoms with E-state index in [-0.39, 0.29) is 18.1 Å². The van der Waals surface area contributed by atoms with Crippen LogP contribution in [0.4, 0.5) is 0 Å². The van der Waals surface area contributed by atoms with Crippen molar-refractivity contribution in [3.05, 3.63) is 59.8 Å². The topological polar surface area (TPSA) is 86.8 Å². The number of nitrogens with one attached hydrogen (secondary N) is 1. The van der Waals surface area contributed by atoms with Gasteiger partial charge in [-0.15, -0.1) is 0 Å². The molecule has 1 atom stereocenters. The summed E-state index contributed by atoms with van der Waals surface area (Å²) in [5.74, 6) is -0.876. The van der Waals surface area contributed by atoms with Crippen molar-refractivity contribution in [3.63, 3.8) is 0 Å². The van der Waals surface area contributed by atoms with E-state index in [4.69, 9.17) is 14.2 Å². The number of esters is 1. The number of aromatic nitrogens is 1. The molecule has 1 heterocycles. The molecular weight excluding hydrogens is 324 g/mol. The second kappa shape index (κ2) is 9.39. The third kappa shape index (κ3) is 5.02. The molecule has 0 unspecified atom stereocenters. The highest BCUT2D eigenvalue weighted by atomic mass is 16.5. The molecule has 1 aromatic carbocycles. The van der Waals surface area contributed by atoms with Gasteiger partial charge in [0.05, 0.1) is 13.7 Å². The minimum atomic E-state index is -0.925. The van der Waals surface area contributed by atoms with Gasteiger partial charge in [-0.25, -0.2) is 9.78 Å². The number of benzene rings is 1. The number of ether oxygens (including phenoxy) is 3. The number of pyridine rings is 1. The maximum atomic E-state index is 12.6. The Bertz CT molecular complexity index is 706. The summed E-state index contributed by atoms with van der Waals surface area (Å²) in [6.45, 7) is 0.624. The minimum absolute atomic E-state index is 0.175. The first-order valence-corrected chi connectivity index (χ1v) is 7.67. The highest BCUT2D eigenvalue weighted by Crippen LogP contribution is 2.18. The van der Waals surface area contributed by atoms with Crippen molar-refractivity contribution in [2.45, 2.75) is 6.04 Å². The minimum Gasteiger partial charge on any atom is -0.475 e. The van der Waals surface area contributed by atoms with Crippen molar-refractivity contribution >= 4 is 11.9 Å². The van der Waals surface area contributed by atoms with Crippen LogP contribution in [0.5, 0.6) is 5.88 Å². The van der Waals surface area contributed by atoms with Crippen LogP contribution in [0.15, 0.2) is 48.7 Å². The molecule has 0 bridgehead atoms. The van der Waals surface area contributed by atoms with Crippen LogP contribution in [0.2, 0.25) is 0 Å². The van der Waals surface area contributed by atoms with E-state index in [0.717, 1.165) is 0 Å². The Labute approximate surface area is 145 Å². The van der Waals surface area contributed by atoms with Gasteiger partial charge in [0.15, 0.2) is 6.04 Å². The van der Waals surface area contributed by atoms with E-state index in [2.05, 4.69) is 10.3 Å². The van der Waals surface area contributed by atoms with E-state index in [0.29, 0.717) is 12.2 Å². The van der Waals surface area contributed by atoms with Crippen LogP contribution in [0.3, 0.4) is 0 Å². The van der Waals surface area contributed by atoms with E-state index in [1.807, 2.05) is 6.07 Å². The Balaban J connectivity index is 2.20. The fraction of sp³-hybridized carbons (Fsp3) is 0.278. The zero-order valence-electron chi connectivity index (χ0n) is 14.1. The number of carbonyl (C=O) groups is 2. The lowest BCUT2D eigenvalue weighted by Crippen LogP contribution is -2.34. The molecule has 0 aliphatic carbocycles. The second-order valence-corrected chi connectivity index (χ2v) is 5.04. The van der Waals surface area contributed by atoms with E-state index >= 15 is 0 Å². The van der Waals surface area contributed by atoms with Gasteiger partial charge in [0.1, 0.15) is 12.2 Å². The van der Waals surface area contributed by atoms with Crippen LogP contribution in [0.25, 0.3) is 0 Å². The molecule has 0 radical (unpaired) electrons. The average Bonchev–Trinajstić information content (AvgIpc) is 2.66. The SMILES string of the molecule is COCCOc1ncccc1C(=O)N[C@H](C(=O)OC)c1ccccc1. The molecule has 0 fully saturated rings. The van der Waals surface area contributed by atoms with Gasteiger partial charge in [-0.2, -0.15) is 0 Å². The normalized spacial score (nSPS) is 11.4. The molecule has 7 heteroatoms. The van der Waals surface area contributed by atoms with Crippen LogP contribution in [-0.2, 0) is 14.3 Å². The highest BCUT2D eigenvalue weighted by molar-refractivity contribution is 5.98. The molecule has 7 nitrogen and oxygen atoms in total. The number of hydrogen-bond donors (Lipinski definition) is 1. The Kier molecular flexibility index (Phi) is 6.91. The molecule has 0 saturated heterocycles.